The topological polar surface area (TPSA) is 48.4 Å². The van der Waals surface area contributed by atoms with Gasteiger partial charge >= 0.3 is 0 Å². The lowest BCUT2D eigenvalue weighted by molar-refractivity contribution is 0.127. The number of aliphatic hydroxyl groups excluding tert-OH is 1. The molecule has 1 aliphatic heterocycles. The molecule has 2 aromatic rings. The van der Waals surface area contributed by atoms with E-state index in [1.54, 1.807) is 0 Å². The zero-order chi connectivity index (χ0) is 16.8. The van der Waals surface area contributed by atoms with E-state index in [1.165, 1.54) is 11.1 Å². The van der Waals surface area contributed by atoms with Gasteiger partial charge < -0.3 is 10.4 Å². The second kappa shape index (κ2) is 8.27. The van der Waals surface area contributed by atoms with Crippen molar-refractivity contribution < 1.29 is 5.11 Å². The number of aromatic nitrogens is 1. The highest BCUT2D eigenvalue weighted by molar-refractivity contribution is 5.46. The van der Waals surface area contributed by atoms with Crippen molar-refractivity contribution in [1.29, 1.82) is 0 Å². The molecule has 0 unspecified atom stereocenters. The lowest BCUT2D eigenvalue weighted by Crippen LogP contribution is -2.34. The van der Waals surface area contributed by atoms with Gasteiger partial charge in [0.25, 0.3) is 0 Å². The summed E-state index contributed by atoms with van der Waals surface area (Å²) in [7, 11) is 0. The molecular formula is C20H27N3O. The van der Waals surface area contributed by atoms with Crippen LogP contribution in [0.4, 0.5) is 5.69 Å². The molecule has 128 valence electrons. The van der Waals surface area contributed by atoms with Crippen molar-refractivity contribution in [2.75, 3.05) is 25.0 Å². The first-order valence-electron chi connectivity index (χ1n) is 8.81. The lowest BCUT2D eigenvalue weighted by Gasteiger charge is -2.31. The molecular weight excluding hydrogens is 298 g/mol. The molecule has 1 aliphatic rings. The van der Waals surface area contributed by atoms with Crippen LogP contribution in [0, 0.1) is 12.8 Å². The van der Waals surface area contributed by atoms with E-state index in [2.05, 4.69) is 45.5 Å². The Kier molecular flexibility index (Phi) is 5.83. The normalized spacial score (nSPS) is 16.2. The highest BCUT2D eigenvalue weighted by Gasteiger charge is 2.18. The molecule has 0 atom stereocenters. The summed E-state index contributed by atoms with van der Waals surface area (Å²) in [5.41, 5.74) is 4.80. The van der Waals surface area contributed by atoms with E-state index in [0.29, 0.717) is 12.5 Å². The fourth-order valence-electron chi connectivity index (χ4n) is 3.27. The van der Waals surface area contributed by atoms with Crippen LogP contribution in [0.2, 0.25) is 0 Å². The summed E-state index contributed by atoms with van der Waals surface area (Å²) >= 11 is 0. The van der Waals surface area contributed by atoms with Gasteiger partial charge in [-0.05, 0) is 68.1 Å². The summed E-state index contributed by atoms with van der Waals surface area (Å²) in [5, 5.41) is 12.7. The van der Waals surface area contributed by atoms with Gasteiger partial charge in [-0.25, -0.2) is 0 Å². The molecule has 4 nitrogen and oxygen atoms in total. The van der Waals surface area contributed by atoms with E-state index in [1.807, 2.05) is 19.2 Å². The first-order chi connectivity index (χ1) is 11.7. The monoisotopic (exact) mass is 325 g/mol. The fourth-order valence-corrected chi connectivity index (χ4v) is 3.27. The van der Waals surface area contributed by atoms with Crippen molar-refractivity contribution in [2.24, 2.45) is 5.92 Å². The Morgan fingerprint density at radius 2 is 2.04 bits per heavy atom. The van der Waals surface area contributed by atoms with E-state index >= 15 is 0 Å². The van der Waals surface area contributed by atoms with E-state index < -0.39 is 0 Å². The molecule has 1 aromatic heterocycles. The second-order valence-electron chi connectivity index (χ2n) is 6.70. The number of rotatable bonds is 6. The highest BCUT2D eigenvalue weighted by atomic mass is 16.3. The predicted octanol–water partition coefficient (Wildman–Crippen LogP) is 3.21. The van der Waals surface area contributed by atoms with Gasteiger partial charge in [0.2, 0.25) is 0 Å². The first kappa shape index (κ1) is 16.9. The Balaban J connectivity index is 1.55. The molecule has 4 heteroatoms. The molecule has 0 aliphatic carbocycles. The Morgan fingerprint density at radius 3 is 2.79 bits per heavy atom. The Hall–Kier alpha value is -1.91. The standard InChI is InChI=1S/C20H27N3O/c1-16-19(5-3-9-21-16)13-22-20-6-2-4-18(12-20)14-23-10-7-17(15-24)8-11-23/h2-6,9,12,17,22,24H,7-8,10-11,13-15H2,1H3. The van der Waals surface area contributed by atoms with E-state index in [4.69, 9.17) is 0 Å². The van der Waals surface area contributed by atoms with Crippen LogP contribution in [0.15, 0.2) is 42.6 Å². The number of pyridine rings is 1. The van der Waals surface area contributed by atoms with Crippen molar-refractivity contribution in [3.05, 3.63) is 59.4 Å². The molecule has 2 N–H and O–H groups in total. The molecule has 0 saturated carbocycles. The van der Waals surface area contributed by atoms with Crippen LogP contribution in [0.3, 0.4) is 0 Å². The van der Waals surface area contributed by atoms with Gasteiger partial charge in [-0.2, -0.15) is 0 Å². The number of benzene rings is 1. The van der Waals surface area contributed by atoms with Crippen LogP contribution in [0.25, 0.3) is 0 Å². The maximum absolute atomic E-state index is 9.24. The molecule has 1 saturated heterocycles. The van der Waals surface area contributed by atoms with Crippen LogP contribution in [-0.4, -0.2) is 34.7 Å². The third-order valence-corrected chi connectivity index (χ3v) is 4.90. The minimum atomic E-state index is 0.334. The molecule has 1 fully saturated rings. The molecule has 1 aromatic carbocycles. The van der Waals surface area contributed by atoms with Crippen LogP contribution < -0.4 is 5.32 Å². The zero-order valence-electron chi connectivity index (χ0n) is 14.4. The van der Waals surface area contributed by atoms with Gasteiger partial charge in [-0.15, -0.1) is 0 Å². The minimum Gasteiger partial charge on any atom is -0.396 e. The second-order valence-corrected chi connectivity index (χ2v) is 6.70. The number of piperidine rings is 1. The smallest absolute Gasteiger partial charge is 0.0460 e. The van der Waals surface area contributed by atoms with Crippen LogP contribution in [-0.2, 0) is 13.1 Å². The molecule has 2 heterocycles. The van der Waals surface area contributed by atoms with E-state index in [0.717, 1.165) is 50.4 Å². The number of nitrogens with zero attached hydrogens (tertiary/aromatic N) is 2. The van der Waals surface area contributed by atoms with E-state index in [-0.39, 0.29) is 0 Å². The van der Waals surface area contributed by atoms with Crippen LogP contribution >= 0.6 is 0 Å². The lowest BCUT2D eigenvalue weighted by atomic mass is 9.97. The summed E-state index contributed by atoms with van der Waals surface area (Å²) in [6.07, 6.45) is 4.04. The predicted molar refractivity (Wildman–Crippen MR) is 97.8 cm³/mol. The first-order valence-corrected chi connectivity index (χ1v) is 8.81. The van der Waals surface area contributed by atoms with E-state index in [9.17, 15) is 5.11 Å². The minimum absolute atomic E-state index is 0.334. The molecule has 0 bridgehead atoms. The maximum atomic E-state index is 9.24. The Bertz CT molecular complexity index is 651. The number of hydrogen-bond acceptors (Lipinski definition) is 4. The average molecular weight is 325 g/mol. The zero-order valence-corrected chi connectivity index (χ0v) is 14.4. The molecule has 0 radical (unpaired) electrons. The quantitative estimate of drug-likeness (QED) is 0.856. The number of nitrogens with one attached hydrogen (secondary N) is 1. The Labute approximate surface area is 144 Å². The Morgan fingerprint density at radius 1 is 1.21 bits per heavy atom. The number of likely N-dealkylation sites (tertiary alicyclic amines) is 1. The van der Waals surface area contributed by atoms with Gasteiger partial charge in [0.15, 0.2) is 0 Å². The van der Waals surface area contributed by atoms with Crippen molar-refractivity contribution >= 4 is 5.69 Å². The van der Waals surface area contributed by atoms with Crippen molar-refractivity contribution in [3.8, 4) is 0 Å². The summed E-state index contributed by atoms with van der Waals surface area (Å²) in [6, 6.07) is 12.8. The molecule has 3 rings (SSSR count). The highest BCUT2D eigenvalue weighted by Crippen LogP contribution is 2.20. The SMILES string of the molecule is Cc1ncccc1CNc1cccc(CN2CCC(CO)CC2)c1. The number of hydrogen-bond donors (Lipinski definition) is 2. The van der Waals surface area contributed by atoms with Crippen molar-refractivity contribution in [3.63, 3.8) is 0 Å². The summed E-state index contributed by atoms with van der Waals surface area (Å²) < 4.78 is 0. The third-order valence-electron chi connectivity index (χ3n) is 4.90. The van der Waals surface area contributed by atoms with Gasteiger partial charge in [0, 0.05) is 37.3 Å². The van der Waals surface area contributed by atoms with Crippen LogP contribution in [0.5, 0.6) is 0 Å². The molecule has 0 spiro atoms. The summed E-state index contributed by atoms with van der Waals surface area (Å²) in [5.74, 6) is 0.497. The third kappa shape index (κ3) is 4.56. The maximum Gasteiger partial charge on any atom is 0.0460 e. The fraction of sp³-hybridized carbons (Fsp3) is 0.450. The van der Waals surface area contributed by atoms with Crippen molar-refractivity contribution in [1.82, 2.24) is 9.88 Å². The number of anilines is 1. The van der Waals surface area contributed by atoms with Crippen LogP contribution in [0.1, 0.15) is 29.7 Å². The molecule has 0 amide bonds. The van der Waals surface area contributed by atoms with Gasteiger partial charge in [0.05, 0.1) is 0 Å². The summed E-state index contributed by atoms with van der Waals surface area (Å²) in [6.45, 7) is 6.32. The molecule has 24 heavy (non-hydrogen) atoms. The number of aliphatic hydroxyl groups is 1. The van der Waals surface area contributed by atoms with Crippen molar-refractivity contribution in [2.45, 2.75) is 32.9 Å². The van der Waals surface area contributed by atoms with Gasteiger partial charge in [0.1, 0.15) is 0 Å². The average Bonchev–Trinajstić information content (AvgIpc) is 2.62. The van der Waals surface area contributed by atoms with Gasteiger partial charge in [-0.3, -0.25) is 9.88 Å². The number of aryl methyl sites for hydroxylation is 1. The largest absolute Gasteiger partial charge is 0.396 e. The summed E-state index contributed by atoms with van der Waals surface area (Å²) in [4.78, 5) is 6.82. The van der Waals surface area contributed by atoms with Gasteiger partial charge in [-0.1, -0.05) is 18.2 Å².